The van der Waals surface area contributed by atoms with E-state index < -0.39 is 6.29 Å². The Morgan fingerprint density at radius 2 is 1.26 bits per heavy atom. The van der Waals surface area contributed by atoms with Crippen molar-refractivity contribution in [3.63, 3.8) is 0 Å². The van der Waals surface area contributed by atoms with Crippen LogP contribution in [0.25, 0.3) is 80.9 Å². The highest BCUT2D eigenvalue weighted by Crippen LogP contribution is 2.59. The van der Waals surface area contributed by atoms with Gasteiger partial charge in [-0.05, 0) is 63.9 Å². The van der Waals surface area contributed by atoms with Gasteiger partial charge in [-0.1, -0.05) is 152 Å². The number of amidine groups is 1. The second-order valence-electron chi connectivity index (χ2n) is 16.8. The zero-order valence-electron chi connectivity index (χ0n) is 33.4. The summed E-state index contributed by atoms with van der Waals surface area (Å²) in [6.45, 7) is 0. The third-order valence-electron chi connectivity index (χ3n) is 13.6. The lowest BCUT2D eigenvalue weighted by atomic mass is 9.80. The Labute approximate surface area is 365 Å². The van der Waals surface area contributed by atoms with Gasteiger partial charge in [0, 0.05) is 69.9 Å². The van der Waals surface area contributed by atoms with E-state index in [-0.39, 0.29) is 0 Å². The van der Waals surface area contributed by atoms with Crippen LogP contribution in [0.2, 0.25) is 0 Å². The molecule has 1 N–H and O–H groups in total. The first-order valence-corrected chi connectivity index (χ1v) is 23.2. The number of fused-ring (bicyclic) bond motifs is 15. The van der Waals surface area contributed by atoms with Gasteiger partial charge in [0.15, 0.2) is 5.84 Å². The number of allylic oxidation sites excluding steroid dienone is 4. The molecule has 0 bridgehead atoms. The monoisotopic (exact) mass is 831 g/mol. The molecule has 62 heavy (non-hydrogen) atoms. The molecule has 0 amide bonds. The van der Waals surface area contributed by atoms with Crippen molar-refractivity contribution in [1.82, 2.24) is 14.5 Å². The van der Waals surface area contributed by atoms with Crippen molar-refractivity contribution in [3.05, 3.63) is 199 Å². The molecule has 2 aliphatic carbocycles. The molecule has 294 valence electrons. The lowest BCUT2D eigenvalue weighted by Gasteiger charge is -2.29. The van der Waals surface area contributed by atoms with Gasteiger partial charge < -0.3 is 9.88 Å². The molecular weight excluding hydrogens is 795 g/mol. The molecule has 3 aromatic heterocycles. The van der Waals surface area contributed by atoms with Crippen LogP contribution in [0, 0.1) is 11.8 Å². The molecule has 1 fully saturated rings. The summed E-state index contributed by atoms with van der Waals surface area (Å²) >= 11 is 3.99. The fourth-order valence-electron chi connectivity index (χ4n) is 10.9. The third-order valence-corrected chi connectivity index (χ3v) is 16.4. The van der Waals surface area contributed by atoms with Crippen molar-refractivity contribution in [1.29, 1.82) is 0 Å². The van der Waals surface area contributed by atoms with Gasteiger partial charge in [-0.2, -0.15) is 4.99 Å². The minimum atomic E-state index is -0.488. The second kappa shape index (κ2) is 13.3. The zero-order valence-corrected chi connectivity index (χ0v) is 35.0. The molecule has 5 heterocycles. The Morgan fingerprint density at radius 3 is 2.13 bits per heavy atom. The fourth-order valence-corrected chi connectivity index (χ4v) is 14.0. The first-order chi connectivity index (χ1) is 30.8. The molecule has 7 aromatic carbocycles. The number of nitrogens with one attached hydrogen (secondary N) is 1. The molecule has 5 unspecified atom stereocenters. The highest BCUT2D eigenvalue weighted by molar-refractivity contribution is 8.00. The van der Waals surface area contributed by atoms with Gasteiger partial charge in [0.1, 0.15) is 0 Å². The van der Waals surface area contributed by atoms with Gasteiger partial charge in [0.05, 0.1) is 16.6 Å². The van der Waals surface area contributed by atoms with Crippen molar-refractivity contribution in [2.24, 2.45) is 21.8 Å². The summed E-state index contributed by atoms with van der Waals surface area (Å²) in [6, 6.07) is 55.0. The largest absolute Gasteiger partial charge is 0.316 e. The summed E-state index contributed by atoms with van der Waals surface area (Å²) in [5.74, 6) is 2.39. The SMILES string of the molecule is C1=CC2SC3c4c(n(C5N=C(c6ccc(-c7ccccc7)c7ccccc67)N=C(n6c7ccccc7c7c8sc9ccccc9c8ccc76)N5)c5ccccc45)C=CC3C2C=C1. The van der Waals surface area contributed by atoms with E-state index in [0.29, 0.717) is 28.2 Å². The molecule has 14 rings (SSSR count). The number of nitrogens with zero attached hydrogens (tertiary/aromatic N) is 4. The Morgan fingerprint density at radius 1 is 0.548 bits per heavy atom. The Balaban J connectivity index is 1.02. The maximum absolute atomic E-state index is 5.67. The quantitative estimate of drug-likeness (QED) is 0.193. The summed E-state index contributed by atoms with van der Waals surface area (Å²) in [4.78, 5) is 11.3. The van der Waals surface area contributed by atoms with Gasteiger partial charge >= 0.3 is 0 Å². The smallest absolute Gasteiger partial charge is 0.213 e. The number of aromatic nitrogens is 2. The highest BCUT2D eigenvalue weighted by Gasteiger charge is 2.45. The van der Waals surface area contributed by atoms with Crippen molar-refractivity contribution in [2.75, 3.05) is 0 Å². The summed E-state index contributed by atoms with van der Waals surface area (Å²) in [5.41, 5.74) is 9.42. The van der Waals surface area contributed by atoms with E-state index in [0.717, 1.165) is 27.9 Å². The average Bonchev–Trinajstić information content (AvgIpc) is 4.09. The molecule has 1 saturated heterocycles. The number of thiophene rings is 1. The van der Waals surface area contributed by atoms with E-state index in [1.54, 1.807) is 0 Å². The number of aliphatic imine (C=N–C) groups is 2. The van der Waals surface area contributed by atoms with Crippen molar-refractivity contribution in [3.8, 4) is 11.1 Å². The Kier molecular flexibility index (Phi) is 7.44. The zero-order chi connectivity index (χ0) is 40.5. The standard InChI is InChI=1S/C55H37N5S2/c1-2-14-32(15-3-1)33-26-27-40(35-17-5-4-16-34(33)35)53-56-54(59-43-22-10-6-20-41(43)49-45(59)30-28-38-36-18-8-12-24-47(36)61-51(38)49)58-55(57-53)60-44-23-11-7-21-42(44)50-46(60)31-29-39-37-19-9-13-25-48(37)62-52(39)50/h1-31,36,38,47,51,54H,(H,56,57,58). The second-order valence-corrected chi connectivity index (χ2v) is 19.1. The van der Waals surface area contributed by atoms with Gasteiger partial charge in [-0.3, -0.25) is 4.57 Å². The van der Waals surface area contributed by atoms with Crippen LogP contribution in [-0.4, -0.2) is 26.2 Å². The van der Waals surface area contributed by atoms with E-state index >= 15 is 0 Å². The van der Waals surface area contributed by atoms with Crippen LogP contribution in [0.5, 0.6) is 0 Å². The molecular formula is C55H37N5S2. The van der Waals surface area contributed by atoms with Crippen LogP contribution < -0.4 is 5.32 Å². The molecule has 4 aliphatic rings. The van der Waals surface area contributed by atoms with Crippen LogP contribution in [0.4, 0.5) is 0 Å². The normalized spacial score (nSPS) is 21.5. The highest BCUT2D eigenvalue weighted by atomic mass is 32.2. The lowest BCUT2D eigenvalue weighted by molar-refractivity contribution is 0.480. The number of benzene rings is 7. The van der Waals surface area contributed by atoms with Crippen LogP contribution in [0.15, 0.2) is 192 Å². The molecule has 0 spiro atoms. The van der Waals surface area contributed by atoms with E-state index in [1.165, 1.54) is 69.6 Å². The van der Waals surface area contributed by atoms with Crippen LogP contribution in [0.3, 0.4) is 0 Å². The Bertz CT molecular complexity index is 3690. The minimum Gasteiger partial charge on any atom is -0.316 e. The van der Waals surface area contributed by atoms with Crippen LogP contribution in [-0.2, 0) is 0 Å². The Hall–Kier alpha value is -6.93. The van der Waals surface area contributed by atoms with Crippen LogP contribution in [0.1, 0.15) is 28.4 Å². The molecule has 0 saturated carbocycles. The number of hydrogen-bond donors (Lipinski definition) is 1. The first-order valence-electron chi connectivity index (χ1n) is 21.4. The molecule has 10 aromatic rings. The third kappa shape index (κ3) is 4.92. The minimum absolute atomic E-state index is 0.347. The summed E-state index contributed by atoms with van der Waals surface area (Å²) in [5, 5.41) is 13.4. The van der Waals surface area contributed by atoms with E-state index in [2.05, 4.69) is 214 Å². The summed E-state index contributed by atoms with van der Waals surface area (Å²) in [6.07, 6.45) is 13.6. The summed E-state index contributed by atoms with van der Waals surface area (Å²) in [7, 11) is 0. The number of rotatable bonds is 3. The molecule has 7 heteroatoms. The maximum atomic E-state index is 5.67. The van der Waals surface area contributed by atoms with Gasteiger partial charge in [0.25, 0.3) is 0 Å². The van der Waals surface area contributed by atoms with E-state index in [9.17, 15) is 0 Å². The van der Waals surface area contributed by atoms with Crippen molar-refractivity contribution >= 4 is 105 Å². The van der Waals surface area contributed by atoms with Crippen molar-refractivity contribution in [2.45, 2.75) is 16.8 Å². The lowest BCUT2D eigenvalue weighted by Crippen LogP contribution is -2.40. The van der Waals surface area contributed by atoms with Gasteiger partial charge in [0.2, 0.25) is 12.2 Å². The summed E-state index contributed by atoms with van der Waals surface area (Å²) < 4.78 is 7.38. The van der Waals surface area contributed by atoms with Gasteiger partial charge in [-0.25, -0.2) is 4.99 Å². The molecule has 2 aliphatic heterocycles. The first kappa shape index (κ1) is 34.7. The average molecular weight is 832 g/mol. The predicted octanol–water partition coefficient (Wildman–Crippen LogP) is 13.9. The van der Waals surface area contributed by atoms with Gasteiger partial charge in [-0.15, -0.1) is 23.1 Å². The number of hydrogen-bond acceptors (Lipinski definition) is 5. The van der Waals surface area contributed by atoms with E-state index in [4.69, 9.17) is 9.98 Å². The van der Waals surface area contributed by atoms with E-state index in [1.807, 2.05) is 11.3 Å². The topological polar surface area (TPSA) is 46.6 Å². The number of para-hydroxylation sites is 2. The van der Waals surface area contributed by atoms with Crippen LogP contribution >= 0.6 is 23.1 Å². The predicted molar refractivity (Wildman–Crippen MR) is 264 cm³/mol. The van der Waals surface area contributed by atoms with Crippen molar-refractivity contribution < 1.29 is 0 Å². The molecule has 5 atom stereocenters. The molecule has 5 nitrogen and oxygen atoms in total. The molecule has 0 radical (unpaired) electrons. The number of thioether (sulfide) groups is 1. The maximum Gasteiger partial charge on any atom is 0.213 e. The fraction of sp³-hybridized carbons (Fsp3) is 0.0909.